The van der Waals surface area contributed by atoms with Gasteiger partial charge in [-0.2, -0.15) is 13.2 Å². The Bertz CT molecular complexity index is 966. The van der Waals surface area contributed by atoms with Gasteiger partial charge in [-0.15, -0.1) is 11.3 Å². The topological polar surface area (TPSA) is 74.4 Å². The first kappa shape index (κ1) is 16.3. The Morgan fingerprint density at radius 2 is 1.79 bits per heavy atom. The van der Waals surface area contributed by atoms with Gasteiger partial charge in [-0.25, -0.2) is 0 Å². The molecule has 0 fully saturated rings. The van der Waals surface area contributed by atoms with Crippen molar-refractivity contribution in [2.24, 2.45) is 0 Å². The van der Waals surface area contributed by atoms with E-state index in [9.17, 15) is 18.0 Å². The van der Waals surface area contributed by atoms with Crippen LogP contribution >= 0.6 is 11.3 Å². The number of hydrogen-bond donors (Lipinski definition) is 1. The molecule has 2 N–H and O–H groups in total. The number of carbonyl (C=O) groups excluding carboxylic acids is 1. The lowest BCUT2D eigenvalue weighted by molar-refractivity contribution is -0.0881. The number of ketones is 1. The third-order valence-electron chi connectivity index (χ3n) is 3.53. The SMILES string of the molecule is COc1cc2ncc3c(N)c(C(=O)C(F)(F)F)sc3c2cc1OC. The van der Waals surface area contributed by atoms with Gasteiger partial charge in [0.05, 0.1) is 25.4 Å². The molecule has 0 aliphatic carbocycles. The molecule has 0 spiro atoms. The fraction of sp³-hybridized carbons (Fsp3) is 0.200. The maximum Gasteiger partial charge on any atom is 0.455 e. The van der Waals surface area contributed by atoms with E-state index in [0.717, 1.165) is 0 Å². The lowest BCUT2D eigenvalue weighted by Gasteiger charge is -2.09. The Balaban J connectivity index is 2.33. The Morgan fingerprint density at radius 1 is 1.17 bits per heavy atom. The Morgan fingerprint density at radius 3 is 2.38 bits per heavy atom. The number of thiophene rings is 1. The highest BCUT2D eigenvalue weighted by atomic mass is 32.1. The minimum atomic E-state index is -4.99. The molecule has 5 nitrogen and oxygen atoms in total. The molecule has 3 aromatic rings. The van der Waals surface area contributed by atoms with Gasteiger partial charge in [0, 0.05) is 27.7 Å². The number of aromatic nitrogens is 1. The van der Waals surface area contributed by atoms with E-state index in [-0.39, 0.29) is 5.69 Å². The van der Waals surface area contributed by atoms with Crippen molar-refractivity contribution in [2.45, 2.75) is 6.18 Å². The maximum atomic E-state index is 12.7. The molecule has 2 aromatic heterocycles. The molecule has 0 aliphatic heterocycles. The lowest BCUT2D eigenvalue weighted by Crippen LogP contribution is -2.22. The van der Waals surface area contributed by atoms with Gasteiger partial charge in [0.25, 0.3) is 5.78 Å². The number of halogens is 3. The van der Waals surface area contributed by atoms with Gasteiger partial charge < -0.3 is 15.2 Å². The van der Waals surface area contributed by atoms with Crippen LogP contribution in [0.15, 0.2) is 18.3 Å². The van der Waals surface area contributed by atoms with E-state index in [2.05, 4.69) is 4.98 Å². The number of hydrogen-bond acceptors (Lipinski definition) is 6. The average molecular weight is 356 g/mol. The molecule has 0 unspecified atom stereocenters. The molecule has 0 amide bonds. The number of pyridine rings is 1. The minimum Gasteiger partial charge on any atom is -0.493 e. The van der Waals surface area contributed by atoms with Crippen LogP contribution in [0.2, 0.25) is 0 Å². The number of benzene rings is 1. The van der Waals surface area contributed by atoms with E-state index < -0.39 is 16.8 Å². The van der Waals surface area contributed by atoms with Gasteiger partial charge in [-0.05, 0) is 6.07 Å². The van der Waals surface area contributed by atoms with Crippen molar-refractivity contribution >= 4 is 43.8 Å². The van der Waals surface area contributed by atoms with Crippen LogP contribution in [0.1, 0.15) is 9.67 Å². The monoisotopic (exact) mass is 356 g/mol. The van der Waals surface area contributed by atoms with Gasteiger partial charge in [-0.1, -0.05) is 0 Å². The smallest absolute Gasteiger partial charge is 0.455 e. The standard InChI is InChI=1S/C15H11F3N2O3S/c1-22-9-3-6-8(4-10(9)23-2)20-5-7-11(19)13(24-12(6)7)14(21)15(16,17)18/h3-5H,19H2,1-2H3. The molecule has 0 atom stereocenters. The van der Waals surface area contributed by atoms with Crippen molar-refractivity contribution < 1.29 is 27.4 Å². The zero-order chi connectivity index (χ0) is 17.6. The van der Waals surface area contributed by atoms with Crippen LogP contribution < -0.4 is 15.2 Å². The molecule has 0 bridgehead atoms. The van der Waals surface area contributed by atoms with Crippen molar-refractivity contribution in [3.8, 4) is 11.5 Å². The highest BCUT2D eigenvalue weighted by molar-refractivity contribution is 7.22. The molecule has 0 saturated carbocycles. The molecule has 0 radical (unpaired) electrons. The molecule has 2 heterocycles. The van der Waals surface area contributed by atoms with Crippen LogP contribution in [-0.4, -0.2) is 31.2 Å². The van der Waals surface area contributed by atoms with Crippen LogP contribution in [0, 0.1) is 0 Å². The number of Topliss-reactive ketones (excluding diaryl/α,β-unsaturated/α-hetero) is 1. The van der Waals surface area contributed by atoms with Crippen molar-refractivity contribution in [2.75, 3.05) is 20.0 Å². The average Bonchev–Trinajstić information content (AvgIpc) is 2.89. The van der Waals surface area contributed by atoms with Gasteiger partial charge in [0.2, 0.25) is 0 Å². The number of fused-ring (bicyclic) bond motifs is 3. The zero-order valence-electron chi connectivity index (χ0n) is 12.5. The maximum absolute atomic E-state index is 12.7. The van der Waals surface area contributed by atoms with Gasteiger partial charge in [0.15, 0.2) is 11.5 Å². The van der Waals surface area contributed by atoms with Crippen molar-refractivity contribution in [3.05, 3.63) is 23.2 Å². The molecular weight excluding hydrogens is 345 g/mol. The quantitative estimate of drug-likeness (QED) is 0.723. The van der Waals surface area contributed by atoms with Crippen molar-refractivity contribution in [1.29, 1.82) is 0 Å². The highest BCUT2D eigenvalue weighted by Crippen LogP contribution is 2.42. The second-order valence-corrected chi connectivity index (χ2v) is 5.92. The summed E-state index contributed by atoms with van der Waals surface area (Å²) in [6.45, 7) is 0. The fourth-order valence-corrected chi connectivity index (χ4v) is 3.55. The predicted molar refractivity (Wildman–Crippen MR) is 85.0 cm³/mol. The summed E-state index contributed by atoms with van der Waals surface area (Å²) in [7, 11) is 2.91. The number of anilines is 1. The largest absolute Gasteiger partial charge is 0.493 e. The number of nitrogens with two attached hydrogens (primary N) is 1. The molecular formula is C15H11F3N2O3S. The zero-order valence-corrected chi connectivity index (χ0v) is 13.3. The number of nitrogens with zero attached hydrogens (tertiary/aromatic N) is 1. The van der Waals surface area contributed by atoms with E-state index in [0.29, 0.717) is 43.8 Å². The summed E-state index contributed by atoms with van der Waals surface area (Å²) in [5, 5.41) is 0.829. The van der Waals surface area contributed by atoms with E-state index >= 15 is 0 Å². The third-order valence-corrected chi connectivity index (χ3v) is 4.78. The van der Waals surface area contributed by atoms with Crippen LogP contribution in [0.3, 0.4) is 0 Å². The summed E-state index contributed by atoms with van der Waals surface area (Å²) in [5.41, 5.74) is 6.02. The third kappa shape index (κ3) is 2.41. The number of methoxy groups -OCH3 is 2. The van der Waals surface area contributed by atoms with Crippen LogP contribution in [0.25, 0.3) is 21.0 Å². The summed E-state index contributed by atoms with van der Waals surface area (Å²) in [6, 6.07) is 3.20. The van der Waals surface area contributed by atoms with Crippen LogP contribution in [0.5, 0.6) is 11.5 Å². The summed E-state index contributed by atoms with van der Waals surface area (Å²) in [6.07, 6.45) is -3.64. The Hall–Kier alpha value is -2.55. The first-order valence-electron chi connectivity index (χ1n) is 6.62. The first-order valence-corrected chi connectivity index (χ1v) is 7.43. The molecule has 9 heteroatoms. The van der Waals surface area contributed by atoms with Crippen molar-refractivity contribution in [1.82, 2.24) is 4.98 Å². The van der Waals surface area contributed by atoms with Crippen LogP contribution in [0.4, 0.5) is 18.9 Å². The van der Waals surface area contributed by atoms with Crippen LogP contribution in [-0.2, 0) is 0 Å². The molecule has 3 rings (SSSR count). The molecule has 1 aromatic carbocycles. The number of ether oxygens (including phenoxy) is 2. The number of alkyl halides is 3. The summed E-state index contributed by atoms with van der Waals surface area (Å²) in [5.74, 6) is -1.13. The summed E-state index contributed by atoms with van der Waals surface area (Å²) >= 11 is 0.690. The second kappa shape index (κ2) is 5.52. The number of carbonyl (C=O) groups is 1. The molecule has 126 valence electrons. The molecule has 0 aliphatic rings. The van der Waals surface area contributed by atoms with Gasteiger partial charge >= 0.3 is 6.18 Å². The minimum absolute atomic E-state index is 0.221. The van der Waals surface area contributed by atoms with Gasteiger partial charge in [0.1, 0.15) is 4.88 Å². The van der Waals surface area contributed by atoms with Gasteiger partial charge in [-0.3, -0.25) is 9.78 Å². The summed E-state index contributed by atoms with van der Waals surface area (Å²) in [4.78, 5) is 15.2. The highest BCUT2D eigenvalue weighted by Gasteiger charge is 2.41. The lowest BCUT2D eigenvalue weighted by atomic mass is 10.1. The first-order chi connectivity index (χ1) is 11.3. The van der Waals surface area contributed by atoms with E-state index in [1.54, 1.807) is 12.1 Å². The molecule has 24 heavy (non-hydrogen) atoms. The van der Waals surface area contributed by atoms with E-state index in [4.69, 9.17) is 15.2 Å². The Labute approximate surface area is 137 Å². The predicted octanol–water partition coefficient (Wildman–Crippen LogP) is 3.79. The number of nitrogen functional groups attached to an aromatic ring is 1. The Kier molecular flexibility index (Phi) is 3.75. The number of rotatable bonds is 3. The second-order valence-electron chi connectivity index (χ2n) is 4.90. The van der Waals surface area contributed by atoms with Crippen molar-refractivity contribution in [3.63, 3.8) is 0 Å². The molecule has 0 saturated heterocycles. The van der Waals surface area contributed by atoms with E-state index in [1.807, 2.05) is 0 Å². The van der Waals surface area contributed by atoms with E-state index in [1.165, 1.54) is 20.4 Å². The summed E-state index contributed by atoms with van der Waals surface area (Å²) < 4.78 is 49.0. The fourth-order valence-electron chi connectivity index (χ4n) is 2.37. The normalized spacial score (nSPS) is 11.9.